The van der Waals surface area contributed by atoms with E-state index in [1.807, 2.05) is 30.3 Å². The lowest BCUT2D eigenvalue weighted by Crippen LogP contribution is -2.27. The molecule has 0 spiro atoms. The van der Waals surface area contributed by atoms with Crippen LogP contribution in [0.5, 0.6) is 5.75 Å². The molecule has 0 saturated heterocycles. The van der Waals surface area contributed by atoms with Crippen LogP contribution >= 0.6 is 11.6 Å². The number of carbonyl (C=O) groups is 1. The summed E-state index contributed by atoms with van der Waals surface area (Å²) < 4.78 is 6.82. The molecule has 0 fully saturated rings. The lowest BCUT2D eigenvalue weighted by Gasteiger charge is -2.14. The first kappa shape index (κ1) is 19.7. The second-order valence-electron chi connectivity index (χ2n) is 6.73. The lowest BCUT2D eigenvalue weighted by atomic mass is 10.1. The number of hydrogen-bond donors (Lipinski definition) is 1. The van der Waals surface area contributed by atoms with E-state index < -0.39 is 0 Å². The van der Waals surface area contributed by atoms with Crippen LogP contribution in [0.2, 0.25) is 5.02 Å². The average molecular weight is 419 g/mol. The van der Waals surface area contributed by atoms with Gasteiger partial charge in [0.2, 0.25) is 0 Å². The first-order chi connectivity index (χ1) is 14.6. The first-order valence-electron chi connectivity index (χ1n) is 9.39. The molecule has 0 aliphatic rings. The van der Waals surface area contributed by atoms with E-state index in [9.17, 15) is 9.59 Å². The summed E-state index contributed by atoms with van der Waals surface area (Å²) in [5.74, 6) is 0.425. The SMILES string of the molecule is COc1ccccc1CNC(=O)c1cn(-c2ccc(Cl)cc2)c(=O)c2ccccc12. The summed E-state index contributed by atoms with van der Waals surface area (Å²) in [6.45, 7) is 0.303. The minimum Gasteiger partial charge on any atom is -0.496 e. The second kappa shape index (κ2) is 8.43. The van der Waals surface area contributed by atoms with Crippen molar-refractivity contribution in [3.05, 3.63) is 105 Å². The standard InChI is InChI=1S/C24H19ClN2O3/c1-30-22-9-5-2-6-16(22)14-26-23(28)21-15-27(18-12-10-17(25)11-13-18)24(29)20-8-4-3-7-19(20)21/h2-13,15H,14H2,1H3,(H,26,28). The summed E-state index contributed by atoms with van der Waals surface area (Å²) in [5.41, 5.74) is 1.71. The number of fused-ring (bicyclic) bond motifs is 1. The van der Waals surface area contributed by atoms with Gasteiger partial charge in [0.15, 0.2) is 0 Å². The Hall–Kier alpha value is -3.57. The smallest absolute Gasteiger partial charge is 0.262 e. The van der Waals surface area contributed by atoms with Gasteiger partial charge in [-0.2, -0.15) is 0 Å². The molecule has 30 heavy (non-hydrogen) atoms. The maximum absolute atomic E-state index is 13.1. The Bertz CT molecular complexity index is 1280. The van der Waals surface area contributed by atoms with Gasteiger partial charge in [-0.05, 0) is 36.4 Å². The van der Waals surface area contributed by atoms with Gasteiger partial charge in [0.05, 0.1) is 12.7 Å². The number of rotatable bonds is 5. The second-order valence-corrected chi connectivity index (χ2v) is 7.17. The van der Waals surface area contributed by atoms with Crippen molar-refractivity contribution in [3.63, 3.8) is 0 Å². The number of hydrogen-bond acceptors (Lipinski definition) is 3. The summed E-state index contributed by atoms with van der Waals surface area (Å²) in [7, 11) is 1.59. The van der Waals surface area contributed by atoms with Gasteiger partial charge in [-0.1, -0.05) is 48.0 Å². The highest BCUT2D eigenvalue weighted by atomic mass is 35.5. The van der Waals surface area contributed by atoms with Crippen LogP contribution in [0.3, 0.4) is 0 Å². The lowest BCUT2D eigenvalue weighted by molar-refractivity contribution is 0.0952. The average Bonchev–Trinajstić information content (AvgIpc) is 2.79. The van der Waals surface area contributed by atoms with Gasteiger partial charge in [0.25, 0.3) is 11.5 Å². The molecule has 4 rings (SSSR count). The molecule has 0 radical (unpaired) electrons. The summed E-state index contributed by atoms with van der Waals surface area (Å²) >= 11 is 5.98. The Kier molecular flexibility index (Phi) is 5.55. The number of ether oxygens (including phenoxy) is 1. The largest absolute Gasteiger partial charge is 0.496 e. The number of benzene rings is 3. The van der Waals surface area contributed by atoms with Crippen molar-refractivity contribution < 1.29 is 9.53 Å². The number of carbonyl (C=O) groups excluding carboxylic acids is 1. The highest BCUT2D eigenvalue weighted by molar-refractivity contribution is 6.30. The normalized spacial score (nSPS) is 10.7. The number of methoxy groups -OCH3 is 1. The zero-order valence-corrected chi connectivity index (χ0v) is 17.0. The summed E-state index contributed by atoms with van der Waals surface area (Å²) in [4.78, 5) is 26.1. The summed E-state index contributed by atoms with van der Waals surface area (Å²) in [6, 6.07) is 21.5. The third-order valence-electron chi connectivity index (χ3n) is 4.91. The van der Waals surface area contributed by atoms with Crippen LogP contribution < -0.4 is 15.6 Å². The zero-order chi connectivity index (χ0) is 21.1. The molecule has 0 aliphatic heterocycles. The van der Waals surface area contributed by atoms with E-state index in [0.717, 1.165) is 5.56 Å². The Balaban J connectivity index is 1.76. The molecule has 1 N–H and O–H groups in total. The van der Waals surface area contributed by atoms with E-state index in [1.165, 1.54) is 4.57 Å². The Morgan fingerprint density at radius 2 is 1.63 bits per heavy atom. The number of nitrogens with zero attached hydrogens (tertiary/aromatic N) is 1. The van der Waals surface area contributed by atoms with Crippen LogP contribution in [-0.4, -0.2) is 17.6 Å². The van der Waals surface area contributed by atoms with E-state index in [-0.39, 0.29) is 11.5 Å². The van der Waals surface area contributed by atoms with Crippen molar-refractivity contribution in [1.82, 2.24) is 9.88 Å². The minimum atomic E-state index is -0.278. The monoisotopic (exact) mass is 418 g/mol. The third-order valence-corrected chi connectivity index (χ3v) is 5.16. The number of nitrogens with one attached hydrogen (secondary N) is 1. The zero-order valence-electron chi connectivity index (χ0n) is 16.3. The van der Waals surface area contributed by atoms with E-state index >= 15 is 0 Å². The molecule has 1 amide bonds. The van der Waals surface area contributed by atoms with E-state index in [0.29, 0.717) is 39.3 Å². The first-order valence-corrected chi connectivity index (χ1v) is 9.76. The van der Waals surface area contributed by atoms with E-state index in [1.54, 1.807) is 55.8 Å². The number of amides is 1. The summed E-state index contributed by atoms with van der Waals surface area (Å²) in [5, 5.41) is 4.58. The Labute approximate surface area is 178 Å². The fourth-order valence-corrected chi connectivity index (χ4v) is 3.51. The van der Waals surface area contributed by atoms with Crippen LogP contribution in [0, 0.1) is 0 Å². The van der Waals surface area contributed by atoms with Crippen LogP contribution in [0.1, 0.15) is 15.9 Å². The molecule has 4 aromatic rings. The Morgan fingerprint density at radius 3 is 2.37 bits per heavy atom. The highest BCUT2D eigenvalue weighted by Gasteiger charge is 2.16. The molecule has 1 aromatic heterocycles. The fraction of sp³-hybridized carbons (Fsp3) is 0.0833. The number of para-hydroxylation sites is 1. The molecular weight excluding hydrogens is 400 g/mol. The molecule has 0 bridgehead atoms. The van der Waals surface area contributed by atoms with Gasteiger partial charge in [-0.15, -0.1) is 0 Å². The third kappa shape index (κ3) is 3.80. The van der Waals surface area contributed by atoms with Crippen molar-refractivity contribution in [1.29, 1.82) is 0 Å². The molecule has 150 valence electrons. The quantitative estimate of drug-likeness (QED) is 0.516. The van der Waals surface area contributed by atoms with Crippen LogP contribution in [0.25, 0.3) is 16.5 Å². The minimum absolute atomic E-state index is 0.200. The van der Waals surface area contributed by atoms with Gasteiger partial charge in [-0.3, -0.25) is 14.2 Å². The van der Waals surface area contributed by atoms with Crippen LogP contribution in [0.15, 0.2) is 83.8 Å². The van der Waals surface area contributed by atoms with Gasteiger partial charge < -0.3 is 10.1 Å². The molecule has 0 unspecified atom stereocenters. The van der Waals surface area contributed by atoms with Crippen molar-refractivity contribution in [2.45, 2.75) is 6.54 Å². The maximum Gasteiger partial charge on any atom is 0.262 e. The van der Waals surface area contributed by atoms with Gasteiger partial charge in [-0.25, -0.2) is 0 Å². The fourth-order valence-electron chi connectivity index (χ4n) is 3.39. The van der Waals surface area contributed by atoms with Crippen molar-refractivity contribution in [3.8, 4) is 11.4 Å². The highest BCUT2D eigenvalue weighted by Crippen LogP contribution is 2.20. The van der Waals surface area contributed by atoms with Gasteiger partial charge >= 0.3 is 0 Å². The molecule has 0 atom stereocenters. The van der Waals surface area contributed by atoms with Crippen LogP contribution in [0.4, 0.5) is 0 Å². The number of pyridine rings is 1. The number of halogens is 1. The van der Waals surface area contributed by atoms with Crippen molar-refractivity contribution in [2.24, 2.45) is 0 Å². The molecule has 3 aromatic carbocycles. The number of aromatic nitrogens is 1. The molecular formula is C24H19ClN2O3. The maximum atomic E-state index is 13.1. The predicted octanol–water partition coefficient (Wildman–Crippen LogP) is 4.58. The van der Waals surface area contributed by atoms with E-state index in [2.05, 4.69) is 5.32 Å². The topological polar surface area (TPSA) is 60.3 Å². The molecule has 6 heteroatoms. The van der Waals surface area contributed by atoms with Crippen LogP contribution in [-0.2, 0) is 6.54 Å². The van der Waals surface area contributed by atoms with Gasteiger partial charge in [0.1, 0.15) is 5.75 Å². The molecule has 0 saturated carbocycles. The predicted molar refractivity (Wildman–Crippen MR) is 119 cm³/mol. The molecule has 5 nitrogen and oxygen atoms in total. The van der Waals surface area contributed by atoms with Gasteiger partial charge in [0, 0.05) is 39.8 Å². The Morgan fingerprint density at radius 1 is 0.967 bits per heavy atom. The van der Waals surface area contributed by atoms with Crippen molar-refractivity contribution in [2.75, 3.05) is 7.11 Å². The van der Waals surface area contributed by atoms with E-state index in [4.69, 9.17) is 16.3 Å². The summed E-state index contributed by atoms with van der Waals surface area (Å²) in [6.07, 6.45) is 1.57. The van der Waals surface area contributed by atoms with Crippen molar-refractivity contribution >= 4 is 28.3 Å². The molecule has 0 aliphatic carbocycles. The molecule has 1 heterocycles.